The van der Waals surface area contributed by atoms with Crippen molar-refractivity contribution in [1.82, 2.24) is 9.78 Å². The van der Waals surface area contributed by atoms with E-state index in [4.69, 9.17) is 0 Å². The van der Waals surface area contributed by atoms with Crippen LogP contribution in [0, 0.1) is 0 Å². The average molecular weight is 222 g/mol. The number of rotatable bonds is 3. The number of halogens is 1. The van der Waals surface area contributed by atoms with Crippen molar-refractivity contribution in [2.24, 2.45) is 0 Å². The molecule has 16 heavy (non-hydrogen) atoms. The second-order valence-corrected chi connectivity index (χ2v) is 3.24. The molecule has 1 aromatic heterocycles. The van der Waals surface area contributed by atoms with E-state index in [9.17, 15) is 9.18 Å². The molecule has 0 radical (unpaired) electrons. The summed E-state index contributed by atoms with van der Waals surface area (Å²) in [6.07, 6.45) is -0.374. The third-order valence-corrected chi connectivity index (χ3v) is 2.20. The Bertz CT molecular complexity index is 509. The molecule has 0 aliphatic carbocycles. The molecule has 1 atom stereocenters. The van der Waals surface area contributed by atoms with Crippen LogP contribution in [0.2, 0.25) is 0 Å². The fourth-order valence-electron chi connectivity index (χ4n) is 1.48. The van der Waals surface area contributed by atoms with Gasteiger partial charge in [-0.05, 0) is 13.0 Å². The van der Waals surface area contributed by atoms with Crippen LogP contribution in [0.3, 0.4) is 0 Å². The molecule has 1 aromatic carbocycles. The molecule has 0 aliphatic rings. The molecular weight excluding hydrogens is 211 g/mol. The lowest BCUT2D eigenvalue weighted by atomic mass is 10.2. The summed E-state index contributed by atoms with van der Waals surface area (Å²) in [4.78, 5) is 11.2. The van der Waals surface area contributed by atoms with Crippen LogP contribution in [0.25, 0.3) is 10.9 Å². The fraction of sp³-hybridized carbons (Fsp3) is 0.273. The monoisotopic (exact) mass is 222 g/mol. The minimum atomic E-state index is -1.89. The first-order valence-corrected chi connectivity index (χ1v) is 4.97. The standard InChI is InChI=1S/C11H11FN2O2/c1-2-16-11(15)10(12)14-9-6-4-3-5-8(9)7-13-14/h3-7,10H,2H2,1H3. The zero-order valence-electron chi connectivity index (χ0n) is 8.76. The van der Waals surface area contributed by atoms with E-state index < -0.39 is 12.3 Å². The lowest BCUT2D eigenvalue weighted by Crippen LogP contribution is -2.18. The first kappa shape index (κ1) is 10.6. The van der Waals surface area contributed by atoms with Crippen LogP contribution in [-0.4, -0.2) is 22.4 Å². The molecule has 4 nitrogen and oxygen atoms in total. The molecule has 0 amide bonds. The SMILES string of the molecule is CCOC(=O)C(F)n1ncc2ccccc21. The predicted octanol–water partition coefficient (Wildman–Crippen LogP) is 2.07. The summed E-state index contributed by atoms with van der Waals surface area (Å²) in [5.74, 6) is -0.920. The number of carbonyl (C=O) groups is 1. The van der Waals surface area contributed by atoms with Crippen LogP contribution in [0.15, 0.2) is 30.5 Å². The first-order chi connectivity index (χ1) is 7.74. The fourth-order valence-corrected chi connectivity index (χ4v) is 1.48. The summed E-state index contributed by atoms with van der Waals surface area (Å²) in [5, 5.41) is 4.63. The van der Waals surface area contributed by atoms with Gasteiger partial charge in [0.15, 0.2) is 0 Å². The maximum Gasteiger partial charge on any atom is 0.363 e. The zero-order valence-corrected chi connectivity index (χ0v) is 8.76. The molecule has 0 bridgehead atoms. The third-order valence-electron chi connectivity index (χ3n) is 2.20. The maximum absolute atomic E-state index is 13.7. The number of benzene rings is 1. The Labute approximate surface area is 91.6 Å². The number of hydrogen-bond donors (Lipinski definition) is 0. The summed E-state index contributed by atoms with van der Waals surface area (Å²) < 4.78 is 19.3. The number of ether oxygens (including phenoxy) is 1. The Balaban J connectivity index is 2.36. The van der Waals surface area contributed by atoms with E-state index in [1.165, 1.54) is 6.20 Å². The van der Waals surface area contributed by atoms with Crippen molar-refractivity contribution >= 4 is 16.9 Å². The second-order valence-electron chi connectivity index (χ2n) is 3.24. The van der Waals surface area contributed by atoms with Crippen LogP contribution in [-0.2, 0) is 9.53 Å². The third kappa shape index (κ3) is 1.76. The Hall–Kier alpha value is -1.91. The maximum atomic E-state index is 13.7. The molecule has 0 N–H and O–H groups in total. The van der Waals surface area contributed by atoms with E-state index in [0.29, 0.717) is 5.52 Å². The van der Waals surface area contributed by atoms with Crippen molar-refractivity contribution < 1.29 is 13.9 Å². The summed E-state index contributed by atoms with van der Waals surface area (Å²) >= 11 is 0. The van der Waals surface area contributed by atoms with Gasteiger partial charge in [0.1, 0.15) is 0 Å². The summed E-state index contributed by atoms with van der Waals surface area (Å²) in [7, 11) is 0. The number of nitrogens with zero attached hydrogens (tertiary/aromatic N) is 2. The normalized spacial score (nSPS) is 12.6. The minimum absolute atomic E-state index is 0.151. The molecule has 0 aliphatic heterocycles. The van der Waals surface area contributed by atoms with Crippen molar-refractivity contribution in [2.75, 3.05) is 6.61 Å². The van der Waals surface area contributed by atoms with Gasteiger partial charge in [0.2, 0.25) is 0 Å². The number of para-hydroxylation sites is 1. The zero-order chi connectivity index (χ0) is 11.5. The molecule has 2 aromatic rings. The number of hydrogen-bond acceptors (Lipinski definition) is 3. The van der Waals surface area contributed by atoms with Crippen LogP contribution in [0.1, 0.15) is 13.2 Å². The highest BCUT2D eigenvalue weighted by atomic mass is 19.1. The summed E-state index contributed by atoms with van der Waals surface area (Å²) in [6, 6.07) is 7.09. The van der Waals surface area contributed by atoms with E-state index in [2.05, 4.69) is 9.84 Å². The van der Waals surface area contributed by atoms with Crippen LogP contribution < -0.4 is 0 Å². The highest BCUT2D eigenvalue weighted by Crippen LogP contribution is 2.19. The number of alkyl halides is 1. The van der Waals surface area contributed by atoms with Gasteiger partial charge in [0, 0.05) is 5.39 Å². The highest BCUT2D eigenvalue weighted by molar-refractivity contribution is 5.81. The smallest absolute Gasteiger partial charge is 0.363 e. The topological polar surface area (TPSA) is 44.1 Å². The number of esters is 1. The van der Waals surface area contributed by atoms with Gasteiger partial charge in [-0.3, -0.25) is 0 Å². The van der Waals surface area contributed by atoms with Gasteiger partial charge >= 0.3 is 5.97 Å². The summed E-state index contributed by atoms with van der Waals surface area (Å²) in [6.45, 7) is 1.78. The largest absolute Gasteiger partial charge is 0.462 e. The Morgan fingerprint density at radius 1 is 1.56 bits per heavy atom. The predicted molar refractivity (Wildman–Crippen MR) is 56.5 cm³/mol. The lowest BCUT2D eigenvalue weighted by Gasteiger charge is -2.08. The van der Waals surface area contributed by atoms with Crippen LogP contribution in [0.5, 0.6) is 0 Å². The van der Waals surface area contributed by atoms with Gasteiger partial charge in [-0.1, -0.05) is 18.2 Å². The molecule has 0 spiro atoms. The van der Waals surface area contributed by atoms with E-state index in [1.54, 1.807) is 25.1 Å². The van der Waals surface area contributed by atoms with E-state index in [1.807, 2.05) is 6.07 Å². The van der Waals surface area contributed by atoms with Crippen molar-refractivity contribution in [1.29, 1.82) is 0 Å². The molecule has 0 saturated carbocycles. The molecule has 1 unspecified atom stereocenters. The van der Waals surface area contributed by atoms with Crippen molar-refractivity contribution in [3.05, 3.63) is 30.5 Å². The second kappa shape index (κ2) is 4.30. The van der Waals surface area contributed by atoms with Gasteiger partial charge in [-0.25, -0.2) is 13.9 Å². The van der Waals surface area contributed by atoms with Gasteiger partial charge in [-0.15, -0.1) is 0 Å². The average Bonchev–Trinajstić information content (AvgIpc) is 2.72. The molecule has 0 saturated heterocycles. The first-order valence-electron chi connectivity index (χ1n) is 4.97. The van der Waals surface area contributed by atoms with Gasteiger partial charge in [0.05, 0.1) is 18.3 Å². The molecule has 5 heteroatoms. The number of aromatic nitrogens is 2. The van der Waals surface area contributed by atoms with Crippen LogP contribution >= 0.6 is 0 Å². The van der Waals surface area contributed by atoms with Gasteiger partial charge in [-0.2, -0.15) is 5.10 Å². The number of fused-ring (bicyclic) bond motifs is 1. The Morgan fingerprint density at radius 3 is 3.06 bits per heavy atom. The Kier molecular flexibility index (Phi) is 2.85. The number of carbonyl (C=O) groups excluding carboxylic acids is 1. The Morgan fingerprint density at radius 2 is 2.31 bits per heavy atom. The van der Waals surface area contributed by atoms with Gasteiger partial charge in [0.25, 0.3) is 6.30 Å². The summed E-state index contributed by atoms with van der Waals surface area (Å²) in [5.41, 5.74) is 0.572. The van der Waals surface area contributed by atoms with Crippen molar-refractivity contribution in [3.63, 3.8) is 0 Å². The van der Waals surface area contributed by atoms with Gasteiger partial charge < -0.3 is 4.74 Å². The van der Waals surface area contributed by atoms with E-state index in [0.717, 1.165) is 10.1 Å². The van der Waals surface area contributed by atoms with Crippen molar-refractivity contribution in [2.45, 2.75) is 13.2 Å². The quantitative estimate of drug-likeness (QED) is 0.747. The van der Waals surface area contributed by atoms with Crippen molar-refractivity contribution in [3.8, 4) is 0 Å². The molecule has 84 valence electrons. The highest BCUT2D eigenvalue weighted by Gasteiger charge is 2.22. The molecular formula is C11H11FN2O2. The molecule has 1 heterocycles. The lowest BCUT2D eigenvalue weighted by molar-refractivity contribution is -0.153. The van der Waals surface area contributed by atoms with E-state index >= 15 is 0 Å². The van der Waals surface area contributed by atoms with Crippen LogP contribution in [0.4, 0.5) is 4.39 Å². The molecule has 0 fully saturated rings. The molecule has 2 rings (SSSR count). The minimum Gasteiger partial charge on any atom is -0.462 e. The van der Waals surface area contributed by atoms with E-state index in [-0.39, 0.29) is 6.61 Å².